The first kappa shape index (κ1) is 26.2. The fourth-order valence-corrected chi connectivity index (χ4v) is 2.65. The number of aliphatic imine (C=N–C) groups is 1. The standard InChI is InChI=1S/C24H29NO.C2H4.H2O/c1-3-5-6-7-8-9-19-26-24-17-15-23(16-18-24)25-20-22-13-11-21(10-4-2)12-14-22;1-2;/h11-18,20H,3,5-9,19H2,1-2H3;1-2H2;1H2. The minimum atomic E-state index is 0. The van der Waals surface area contributed by atoms with Gasteiger partial charge in [-0.1, -0.05) is 57.1 Å². The Morgan fingerprint density at radius 3 is 2.14 bits per heavy atom. The van der Waals surface area contributed by atoms with Gasteiger partial charge in [-0.2, -0.15) is 0 Å². The molecule has 0 aliphatic heterocycles. The second-order valence-corrected chi connectivity index (χ2v) is 6.37. The molecule has 156 valence electrons. The molecular formula is C26H35NO2. The first-order valence-corrected chi connectivity index (χ1v) is 10.1. The van der Waals surface area contributed by atoms with Gasteiger partial charge in [0.2, 0.25) is 0 Å². The van der Waals surface area contributed by atoms with Crippen molar-refractivity contribution in [1.82, 2.24) is 0 Å². The highest BCUT2D eigenvalue weighted by Gasteiger charge is 1.96. The first-order chi connectivity index (χ1) is 13.8. The molecule has 2 aromatic carbocycles. The maximum absolute atomic E-state index is 5.80. The van der Waals surface area contributed by atoms with Gasteiger partial charge in [0.1, 0.15) is 5.75 Å². The van der Waals surface area contributed by atoms with Crippen LogP contribution in [0.15, 0.2) is 66.7 Å². The van der Waals surface area contributed by atoms with Crippen LogP contribution in [-0.2, 0) is 0 Å². The summed E-state index contributed by atoms with van der Waals surface area (Å²) >= 11 is 0. The van der Waals surface area contributed by atoms with Crippen molar-refractivity contribution in [2.24, 2.45) is 4.99 Å². The lowest BCUT2D eigenvalue weighted by Gasteiger charge is -2.06. The molecule has 0 atom stereocenters. The quantitative estimate of drug-likeness (QED) is 0.196. The summed E-state index contributed by atoms with van der Waals surface area (Å²) in [5.74, 6) is 6.86. The third kappa shape index (κ3) is 11.6. The average Bonchev–Trinajstić information content (AvgIpc) is 2.75. The molecule has 0 aromatic heterocycles. The van der Waals surface area contributed by atoms with Crippen molar-refractivity contribution in [1.29, 1.82) is 0 Å². The molecule has 0 heterocycles. The van der Waals surface area contributed by atoms with Crippen LogP contribution in [0.25, 0.3) is 0 Å². The predicted octanol–water partition coefficient (Wildman–Crippen LogP) is 6.53. The van der Waals surface area contributed by atoms with Gasteiger partial charge >= 0.3 is 0 Å². The van der Waals surface area contributed by atoms with E-state index in [4.69, 9.17) is 4.74 Å². The summed E-state index contributed by atoms with van der Waals surface area (Å²) in [6.45, 7) is 10.9. The van der Waals surface area contributed by atoms with Crippen molar-refractivity contribution in [3.63, 3.8) is 0 Å². The lowest BCUT2D eigenvalue weighted by molar-refractivity contribution is 0.304. The number of hydrogen-bond donors (Lipinski definition) is 0. The molecule has 0 spiro atoms. The average molecular weight is 394 g/mol. The fourth-order valence-electron chi connectivity index (χ4n) is 2.65. The Bertz CT molecular complexity index is 737. The van der Waals surface area contributed by atoms with E-state index < -0.39 is 0 Å². The summed E-state index contributed by atoms with van der Waals surface area (Å²) in [5, 5.41) is 0. The van der Waals surface area contributed by atoms with Crippen molar-refractivity contribution >= 4 is 11.9 Å². The van der Waals surface area contributed by atoms with E-state index in [9.17, 15) is 0 Å². The molecule has 0 aliphatic rings. The molecule has 0 fully saturated rings. The molecule has 2 rings (SSSR count). The zero-order chi connectivity index (χ0) is 20.5. The Kier molecular flexibility index (Phi) is 15.6. The van der Waals surface area contributed by atoms with Gasteiger partial charge in [0.15, 0.2) is 0 Å². The molecule has 0 saturated carbocycles. The molecule has 2 N–H and O–H groups in total. The third-order valence-electron chi connectivity index (χ3n) is 4.15. The predicted molar refractivity (Wildman–Crippen MR) is 126 cm³/mol. The van der Waals surface area contributed by atoms with E-state index in [2.05, 4.69) is 36.9 Å². The van der Waals surface area contributed by atoms with E-state index in [-0.39, 0.29) is 5.48 Å². The Balaban J connectivity index is 0.00000253. The van der Waals surface area contributed by atoms with E-state index in [1.807, 2.05) is 61.7 Å². The number of rotatable bonds is 10. The van der Waals surface area contributed by atoms with Crippen molar-refractivity contribution in [3.05, 3.63) is 72.8 Å². The monoisotopic (exact) mass is 393 g/mol. The summed E-state index contributed by atoms with van der Waals surface area (Å²) in [6, 6.07) is 16.0. The van der Waals surface area contributed by atoms with E-state index >= 15 is 0 Å². The van der Waals surface area contributed by atoms with Gasteiger partial charge in [0.25, 0.3) is 0 Å². The molecule has 0 saturated heterocycles. The highest BCUT2D eigenvalue weighted by molar-refractivity contribution is 5.82. The van der Waals surface area contributed by atoms with Crippen LogP contribution in [0.3, 0.4) is 0 Å². The summed E-state index contributed by atoms with van der Waals surface area (Å²) < 4.78 is 5.80. The zero-order valence-corrected chi connectivity index (χ0v) is 17.9. The van der Waals surface area contributed by atoms with Gasteiger partial charge in [-0.15, -0.1) is 19.1 Å². The van der Waals surface area contributed by atoms with Gasteiger partial charge in [-0.05, 0) is 55.3 Å². The van der Waals surface area contributed by atoms with E-state index in [0.29, 0.717) is 0 Å². The summed E-state index contributed by atoms with van der Waals surface area (Å²) in [5.41, 5.74) is 3.01. The van der Waals surface area contributed by atoms with Crippen LogP contribution >= 0.6 is 0 Å². The molecule has 2 aromatic rings. The van der Waals surface area contributed by atoms with E-state index in [1.165, 1.54) is 32.1 Å². The Hall–Kier alpha value is -2.83. The molecular weight excluding hydrogens is 358 g/mol. The van der Waals surface area contributed by atoms with Crippen molar-refractivity contribution < 1.29 is 10.2 Å². The topological polar surface area (TPSA) is 53.1 Å². The smallest absolute Gasteiger partial charge is 0.119 e. The van der Waals surface area contributed by atoms with Crippen molar-refractivity contribution in [3.8, 4) is 17.6 Å². The summed E-state index contributed by atoms with van der Waals surface area (Å²) in [4.78, 5) is 4.51. The van der Waals surface area contributed by atoms with Crippen LogP contribution in [0.5, 0.6) is 5.75 Å². The zero-order valence-electron chi connectivity index (χ0n) is 17.9. The molecule has 0 bridgehead atoms. The van der Waals surface area contributed by atoms with Crippen molar-refractivity contribution in [2.75, 3.05) is 6.61 Å². The minimum absolute atomic E-state index is 0. The Morgan fingerprint density at radius 1 is 0.897 bits per heavy atom. The lowest BCUT2D eigenvalue weighted by Crippen LogP contribution is -1.96. The Morgan fingerprint density at radius 2 is 1.52 bits per heavy atom. The summed E-state index contributed by atoms with van der Waals surface area (Å²) in [6.07, 6.45) is 9.56. The minimum Gasteiger partial charge on any atom is -0.494 e. The van der Waals surface area contributed by atoms with Crippen LogP contribution in [-0.4, -0.2) is 18.3 Å². The third-order valence-corrected chi connectivity index (χ3v) is 4.15. The molecule has 3 heteroatoms. The first-order valence-electron chi connectivity index (χ1n) is 10.1. The van der Waals surface area contributed by atoms with Crippen LogP contribution < -0.4 is 4.74 Å². The number of benzene rings is 2. The fraction of sp³-hybridized carbons (Fsp3) is 0.346. The van der Waals surface area contributed by atoms with Gasteiger partial charge in [-0.25, -0.2) is 0 Å². The lowest BCUT2D eigenvalue weighted by atomic mass is 10.1. The van der Waals surface area contributed by atoms with Crippen LogP contribution in [0.1, 0.15) is 63.5 Å². The molecule has 0 radical (unpaired) electrons. The summed E-state index contributed by atoms with van der Waals surface area (Å²) in [7, 11) is 0. The van der Waals surface area contributed by atoms with Crippen LogP contribution in [0.4, 0.5) is 5.69 Å². The van der Waals surface area contributed by atoms with Crippen LogP contribution in [0, 0.1) is 11.8 Å². The van der Waals surface area contributed by atoms with Gasteiger partial charge in [0, 0.05) is 11.8 Å². The highest BCUT2D eigenvalue weighted by atomic mass is 16.5. The van der Waals surface area contributed by atoms with Gasteiger partial charge in [0.05, 0.1) is 12.3 Å². The molecule has 3 nitrogen and oxygen atoms in total. The molecule has 29 heavy (non-hydrogen) atoms. The maximum Gasteiger partial charge on any atom is 0.119 e. The SMILES string of the molecule is C=C.CC#Cc1ccc(C=Nc2ccc(OCCCCCCCC)cc2)cc1.O. The van der Waals surface area contributed by atoms with Gasteiger partial charge < -0.3 is 10.2 Å². The number of hydrogen-bond acceptors (Lipinski definition) is 2. The Labute approximate surface area is 176 Å². The van der Waals surface area contributed by atoms with E-state index in [0.717, 1.165) is 35.6 Å². The molecule has 0 aliphatic carbocycles. The number of unbranched alkanes of at least 4 members (excludes halogenated alkanes) is 5. The maximum atomic E-state index is 5.80. The second-order valence-electron chi connectivity index (χ2n) is 6.37. The number of nitrogens with zero attached hydrogens (tertiary/aromatic N) is 1. The van der Waals surface area contributed by atoms with Crippen LogP contribution in [0.2, 0.25) is 0 Å². The second kappa shape index (κ2) is 17.3. The van der Waals surface area contributed by atoms with E-state index in [1.54, 1.807) is 0 Å². The largest absolute Gasteiger partial charge is 0.494 e. The highest BCUT2D eigenvalue weighted by Crippen LogP contribution is 2.18. The van der Waals surface area contributed by atoms with Crippen molar-refractivity contribution in [2.45, 2.75) is 52.4 Å². The van der Waals surface area contributed by atoms with Gasteiger partial charge in [-0.3, -0.25) is 4.99 Å². The molecule has 0 unspecified atom stereocenters. The number of ether oxygens (including phenoxy) is 1. The molecule has 0 amide bonds. The normalized spacial score (nSPS) is 9.59.